The van der Waals surface area contributed by atoms with Crippen molar-refractivity contribution >= 4 is 21.7 Å². The van der Waals surface area contributed by atoms with Crippen LogP contribution in [0.25, 0.3) is 0 Å². The summed E-state index contributed by atoms with van der Waals surface area (Å²) in [6, 6.07) is 6.05. The summed E-state index contributed by atoms with van der Waals surface area (Å²) in [6.07, 6.45) is 2.48. The Balaban J connectivity index is 1.92. The molecule has 4 nitrogen and oxygen atoms in total. The van der Waals surface area contributed by atoms with E-state index in [1.165, 1.54) is 12.8 Å². The minimum Gasteiger partial charge on any atom is -0.496 e. The Kier molecular flexibility index (Phi) is 5.79. The van der Waals surface area contributed by atoms with E-state index in [0.717, 1.165) is 23.3 Å². The molecule has 1 aliphatic heterocycles. The lowest BCUT2D eigenvalue weighted by molar-refractivity contribution is 0.0932. The number of benzene rings is 1. The predicted octanol–water partition coefficient (Wildman–Crippen LogP) is 2.67. The van der Waals surface area contributed by atoms with Gasteiger partial charge in [-0.15, -0.1) is 0 Å². The molecule has 2 rings (SSSR count). The molecule has 1 aromatic carbocycles. The van der Waals surface area contributed by atoms with Gasteiger partial charge in [0.2, 0.25) is 0 Å². The molecule has 21 heavy (non-hydrogen) atoms. The van der Waals surface area contributed by atoms with Gasteiger partial charge in [-0.2, -0.15) is 0 Å². The van der Waals surface area contributed by atoms with Gasteiger partial charge in [0.05, 0.1) is 18.1 Å². The van der Waals surface area contributed by atoms with Crippen LogP contribution in [0.4, 0.5) is 0 Å². The van der Waals surface area contributed by atoms with Crippen molar-refractivity contribution in [3.05, 3.63) is 28.2 Å². The molecular weight excluding hydrogens is 332 g/mol. The second-order valence-corrected chi connectivity index (χ2v) is 6.60. The fraction of sp³-hybridized carbons (Fsp3) is 0.562. The topological polar surface area (TPSA) is 32.8 Å². The van der Waals surface area contributed by atoms with Gasteiger partial charge in [-0.3, -0.25) is 9.69 Å². The van der Waals surface area contributed by atoms with Crippen LogP contribution in [0.15, 0.2) is 22.7 Å². The van der Waals surface area contributed by atoms with Crippen molar-refractivity contribution in [2.75, 3.05) is 40.8 Å². The van der Waals surface area contributed by atoms with Crippen LogP contribution in [0, 0.1) is 0 Å². The molecule has 1 aliphatic rings. The van der Waals surface area contributed by atoms with E-state index in [2.05, 4.69) is 32.8 Å². The highest BCUT2D eigenvalue weighted by Crippen LogP contribution is 2.25. The lowest BCUT2D eigenvalue weighted by atomic mass is 10.1. The van der Waals surface area contributed by atoms with E-state index in [-0.39, 0.29) is 5.78 Å². The van der Waals surface area contributed by atoms with Crippen molar-refractivity contribution in [3.8, 4) is 5.75 Å². The van der Waals surface area contributed by atoms with Crippen molar-refractivity contribution in [1.29, 1.82) is 0 Å². The van der Waals surface area contributed by atoms with Crippen molar-refractivity contribution in [2.45, 2.75) is 18.9 Å². The quantitative estimate of drug-likeness (QED) is 0.735. The largest absolute Gasteiger partial charge is 0.496 e. The zero-order valence-corrected chi connectivity index (χ0v) is 14.5. The number of ether oxygens (including phenoxy) is 1. The first kappa shape index (κ1) is 16.5. The standard InChI is InChI=1S/C16H23BrN2O2/c1-18(10-13-5-4-8-19(13)2)11-15(20)12-6-7-16(21-3)14(17)9-12/h6-7,9,13H,4-5,8,10-11H2,1-3H3. The summed E-state index contributed by atoms with van der Waals surface area (Å²) >= 11 is 3.42. The van der Waals surface area contributed by atoms with E-state index < -0.39 is 0 Å². The molecule has 1 saturated heterocycles. The van der Waals surface area contributed by atoms with Gasteiger partial charge in [-0.25, -0.2) is 0 Å². The van der Waals surface area contributed by atoms with Crippen LogP contribution in [0.3, 0.4) is 0 Å². The van der Waals surface area contributed by atoms with Crippen LogP contribution < -0.4 is 4.74 Å². The van der Waals surface area contributed by atoms with Gasteiger partial charge in [0.15, 0.2) is 5.78 Å². The molecule has 0 spiro atoms. The number of methoxy groups -OCH3 is 1. The van der Waals surface area contributed by atoms with Crippen LogP contribution >= 0.6 is 15.9 Å². The van der Waals surface area contributed by atoms with Crippen LogP contribution in [-0.4, -0.2) is 62.5 Å². The van der Waals surface area contributed by atoms with Crippen LogP contribution in [0.5, 0.6) is 5.75 Å². The number of likely N-dealkylation sites (tertiary alicyclic amines) is 1. The molecule has 0 aliphatic carbocycles. The average molecular weight is 355 g/mol. The molecule has 0 radical (unpaired) electrons. The third kappa shape index (κ3) is 4.28. The third-order valence-corrected chi connectivity index (χ3v) is 4.70. The van der Waals surface area contributed by atoms with E-state index in [1.54, 1.807) is 7.11 Å². The molecule has 0 saturated carbocycles. The second-order valence-electron chi connectivity index (χ2n) is 5.75. The molecule has 1 unspecified atom stereocenters. The van der Waals surface area contributed by atoms with Gasteiger partial charge in [0.25, 0.3) is 0 Å². The highest BCUT2D eigenvalue weighted by Gasteiger charge is 2.23. The number of carbonyl (C=O) groups excluding carboxylic acids is 1. The number of hydrogen-bond acceptors (Lipinski definition) is 4. The van der Waals surface area contributed by atoms with Gasteiger partial charge in [0.1, 0.15) is 5.75 Å². The minimum absolute atomic E-state index is 0.140. The molecule has 1 heterocycles. The average Bonchev–Trinajstić information content (AvgIpc) is 2.84. The molecule has 0 aromatic heterocycles. The summed E-state index contributed by atoms with van der Waals surface area (Å²) in [4.78, 5) is 16.8. The number of likely N-dealkylation sites (N-methyl/N-ethyl adjacent to an activating group) is 2. The summed E-state index contributed by atoms with van der Waals surface area (Å²) in [5, 5.41) is 0. The Morgan fingerprint density at radius 3 is 2.86 bits per heavy atom. The first-order valence-electron chi connectivity index (χ1n) is 7.26. The fourth-order valence-electron chi connectivity index (χ4n) is 2.81. The van der Waals surface area contributed by atoms with E-state index in [0.29, 0.717) is 18.2 Å². The van der Waals surface area contributed by atoms with Gasteiger partial charge in [-0.1, -0.05) is 0 Å². The smallest absolute Gasteiger partial charge is 0.176 e. The Bertz CT molecular complexity index is 507. The molecule has 1 atom stereocenters. The Labute approximate surface area is 135 Å². The molecule has 1 fully saturated rings. The third-order valence-electron chi connectivity index (χ3n) is 4.08. The minimum atomic E-state index is 0.140. The molecular formula is C16H23BrN2O2. The van der Waals surface area contributed by atoms with Gasteiger partial charge < -0.3 is 9.64 Å². The molecule has 5 heteroatoms. The molecule has 116 valence electrons. The lowest BCUT2D eigenvalue weighted by Crippen LogP contribution is -2.38. The number of hydrogen-bond donors (Lipinski definition) is 0. The Morgan fingerprint density at radius 2 is 2.29 bits per heavy atom. The first-order valence-corrected chi connectivity index (χ1v) is 8.06. The second kappa shape index (κ2) is 7.38. The summed E-state index contributed by atoms with van der Waals surface area (Å²) in [7, 11) is 5.80. The monoisotopic (exact) mass is 354 g/mol. The fourth-order valence-corrected chi connectivity index (χ4v) is 3.35. The SMILES string of the molecule is COc1ccc(C(=O)CN(C)CC2CCCN2C)cc1Br. The van der Waals surface area contributed by atoms with Gasteiger partial charge in [-0.05, 0) is 67.6 Å². The number of carbonyl (C=O) groups is 1. The molecule has 0 N–H and O–H groups in total. The summed E-state index contributed by atoms with van der Waals surface area (Å²) in [5.74, 6) is 0.883. The van der Waals surface area contributed by atoms with Crippen molar-refractivity contribution < 1.29 is 9.53 Å². The van der Waals surface area contributed by atoms with E-state index >= 15 is 0 Å². The summed E-state index contributed by atoms with van der Waals surface area (Å²) in [6.45, 7) is 2.56. The lowest BCUT2D eigenvalue weighted by Gasteiger charge is -2.25. The summed E-state index contributed by atoms with van der Waals surface area (Å²) in [5.41, 5.74) is 0.717. The number of halogens is 1. The maximum atomic E-state index is 12.3. The molecule has 0 bridgehead atoms. The van der Waals surface area contributed by atoms with Crippen LogP contribution in [0.1, 0.15) is 23.2 Å². The Morgan fingerprint density at radius 1 is 1.52 bits per heavy atom. The van der Waals surface area contributed by atoms with Crippen LogP contribution in [-0.2, 0) is 0 Å². The van der Waals surface area contributed by atoms with E-state index in [9.17, 15) is 4.79 Å². The van der Waals surface area contributed by atoms with Crippen molar-refractivity contribution in [2.24, 2.45) is 0 Å². The maximum Gasteiger partial charge on any atom is 0.176 e. The number of nitrogens with zero attached hydrogens (tertiary/aromatic N) is 2. The zero-order valence-electron chi connectivity index (χ0n) is 12.9. The predicted molar refractivity (Wildman–Crippen MR) is 88.2 cm³/mol. The van der Waals surface area contributed by atoms with E-state index in [1.807, 2.05) is 25.2 Å². The molecule has 0 amide bonds. The molecule has 1 aromatic rings. The highest BCUT2D eigenvalue weighted by molar-refractivity contribution is 9.10. The number of ketones is 1. The van der Waals surface area contributed by atoms with Crippen LogP contribution in [0.2, 0.25) is 0 Å². The summed E-state index contributed by atoms with van der Waals surface area (Å²) < 4.78 is 6.00. The zero-order chi connectivity index (χ0) is 15.4. The Hall–Kier alpha value is -0.910. The highest BCUT2D eigenvalue weighted by atomic mass is 79.9. The van der Waals surface area contributed by atoms with E-state index in [4.69, 9.17) is 4.74 Å². The normalized spacial score (nSPS) is 19.2. The maximum absolute atomic E-state index is 12.3. The number of Topliss-reactive ketones (excluding diaryl/α,β-unsaturated/α-hetero) is 1. The number of rotatable bonds is 6. The van der Waals surface area contributed by atoms with Gasteiger partial charge >= 0.3 is 0 Å². The van der Waals surface area contributed by atoms with Crippen molar-refractivity contribution in [1.82, 2.24) is 9.80 Å². The van der Waals surface area contributed by atoms with Crippen molar-refractivity contribution in [3.63, 3.8) is 0 Å². The first-order chi connectivity index (χ1) is 10.0. The van der Waals surface area contributed by atoms with Gasteiger partial charge in [0, 0.05) is 18.2 Å².